The maximum atomic E-state index is 12.8. The smallest absolute Gasteiger partial charge is 0.431 e. The number of allylic oxidation sites excluding steroid dienone is 1. The summed E-state index contributed by atoms with van der Waals surface area (Å²) in [4.78, 5) is 25.4. The van der Waals surface area contributed by atoms with E-state index < -0.39 is 29.2 Å². The van der Waals surface area contributed by atoms with Gasteiger partial charge in [-0.25, -0.2) is 0 Å². The van der Waals surface area contributed by atoms with Crippen LogP contribution in [0.2, 0.25) is 0 Å². The number of carbonyl (C=O) groups is 2. The molecule has 1 aliphatic rings. The zero-order chi connectivity index (χ0) is 22.2. The van der Waals surface area contributed by atoms with E-state index in [2.05, 4.69) is 10.6 Å². The van der Waals surface area contributed by atoms with Crippen LogP contribution in [0.1, 0.15) is 34.5 Å². The molecule has 1 aliphatic heterocycles. The second-order valence-corrected chi connectivity index (χ2v) is 8.00. The fraction of sp³-hybridized carbons (Fsp3) is 0.182. The van der Waals surface area contributed by atoms with Gasteiger partial charge in [-0.2, -0.15) is 13.2 Å². The summed E-state index contributed by atoms with van der Waals surface area (Å²) in [6.45, 7) is 1.62. The lowest BCUT2D eigenvalue weighted by Gasteiger charge is -2.19. The van der Waals surface area contributed by atoms with Crippen LogP contribution < -0.4 is 10.6 Å². The highest BCUT2D eigenvalue weighted by atomic mass is 32.2. The van der Waals surface area contributed by atoms with Crippen molar-refractivity contribution in [1.82, 2.24) is 10.6 Å². The predicted molar refractivity (Wildman–Crippen MR) is 111 cm³/mol. The number of ketones is 1. The number of nitrogens with one attached hydrogen (secondary N) is 2. The van der Waals surface area contributed by atoms with Gasteiger partial charge in [0.05, 0.1) is 5.92 Å². The van der Waals surface area contributed by atoms with E-state index in [1.165, 1.54) is 0 Å². The largest absolute Gasteiger partial charge is 0.453 e. The number of benzene rings is 2. The van der Waals surface area contributed by atoms with E-state index in [-0.39, 0.29) is 11.5 Å². The monoisotopic (exact) mass is 446 g/mol. The van der Waals surface area contributed by atoms with Crippen molar-refractivity contribution in [2.24, 2.45) is 0 Å². The summed E-state index contributed by atoms with van der Waals surface area (Å²) in [5, 5.41) is 6.51. The molecular formula is C22H17F3N2O3S. The highest BCUT2D eigenvalue weighted by Crippen LogP contribution is 2.32. The quantitative estimate of drug-likeness (QED) is 0.545. The number of halogens is 3. The highest BCUT2D eigenvalue weighted by Gasteiger charge is 2.38. The van der Waals surface area contributed by atoms with E-state index in [4.69, 9.17) is 4.42 Å². The van der Waals surface area contributed by atoms with Crippen molar-refractivity contribution in [3.05, 3.63) is 82.6 Å². The van der Waals surface area contributed by atoms with Gasteiger partial charge in [-0.15, -0.1) is 0 Å². The molecule has 160 valence electrons. The van der Waals surface area contributed by atoms with Gasteiger partial charge < -0.3 is 15.1 Å². The number of para-hydroxylation sites is 1. The first-order chi connectivity index (χ1) is 14.7. The molecule has 3 aromatic rings. The zero-order valence-electron chi connectivity index (χ0n) is 16.2. The Kier molecular flexibility index (Phi) is 5.53. The molecular weight excluding hydrogens is 429 g/mol. The van der Waals surface area contributed by atoms with E-state index in [1.54, 1.807) is 43.3 Å². The standard InChI is InChI=1S/C22H17F3N2O3S/c1-12(20(29)27-21-26-18(11-31-21)22(23,24)25)13-6-4-7-15(9-13)19(28)17-10-14-5-2-3-8-16(14)30-17/h2-12,21,26H,1H3,(H,27,29)/t12-,21?/m1/s1. The van der Waals surface area contributed by atoms with Gasteiger partial charge in [0.1, 0.15) is 11.3 Å². The second-order valence-electron chi connectivity index (χ2n) is 7.02. The van der Waals surface area contributed by atoms with Crippen molar-refractivity contribution in [1.29, 1.82) is 0 Å². The molecule has 1 amide bonds. The van der Waals surface area contributed by atoms with Crippen molar-refractivity contribution in [3.63, 3.8) is 0 Å². The van der Waals surface area contributed by atoms with Crippen molar-refractivity contribution in [2.75, 3.05) is 0 Å². The average Bonchev–Trinajstić information content (AvgIpc) is 3.39. The van der Waals surface area contributed by atoms with Gasteiger partial charge in [0.25, 0.3) is 0 Å². The molecule has 4 rings (SSSR count). The van der Waals surface area contributed by atoms with Gasteiger partial charge in [0.2, 0.25) is 11.7 Å². The molecule has 0 saturated heterocycles. The summed E-state index contributed by atoms with van der Waals surface area (Å²) in [5.74, 6) is -1.28. The van der Waals surface area contributed by atoms with Crippen LogP contribution in [0.15, 0.2) is 70.1 Å². The Morgan fingerprint density at radius 3 is 2.61 bits per heavy atom. The van der Waals surface area contributed by atoms with Crippen molar-refractivity contribution >= 4 is 34.4 Å². The molecule has 0 saturated carbocycles. The number of hydrogen-bond acceptors (Lipinski definition) is 5. The molecule has 0 bridgehead atoms. The van der Waals surface area contributed by atoms with E-state index in [9.17, 15) is 22.8 Å². The molecule has 2 heterocycles. The Labute approximate surface area is 179 Å². The number of rotatable bonds is 5. The highest BCUT2D eigenvalue weighted by molar-refractivity contribution is 8.02. The number of fused-ring (bicyclic) bond motifs is 1. The minimum Gasteiger partial charge on any atom is -0.453 e. The fourth-order valence-electron chi connectivity index (χ4n) is 3.15. The van der Waals surface area contributed by atoms with Crippen LogP contribution in [0.25, 0.3) is 11.0 Å². The Hall–Kier alpha value is -3.20. The van der Waals surface area contributed by atoms with Gasteiger partial charge in [-0.05, 0) is 30.7 Å². The van der Waals surface area contributed by atoms with E-state index >= 15 is 0 Å². The molecule has 0 aliphatic carbocycles. The van der Waals surface area contributed by atoms with Crippen LogP contribution in [0.5, 0.6) is 0 Å². The van der Waals surface area contributed by atoms with Gasteiger partial charge >= 0.3 is 6.18 Å². The minimum absolute atomic E-state index is 0.188. The first-order valence-electron chi connectivity index (χ1n) is 9.35. The number of thioether (sulfide) groups is 1. The number of carbonyl (C=O) groups excluding carboxylic acids is 2. The van der Waals surface area contributed by atoms with Gasteiger partial charge in [0, 0.05) is 16.4 Å². The Morgan fingerprint density at radius 2 is 1.90 bits per heavy atom. The van der Waals surface area contributed by atoms with E-state index in [1.807, 2.05) is 18.2 Å². The summed E-state index contributed by atoms with van der Waals surface area (Å²) in [6.07, 6.45) is -4.50. The number of alkyl halides is 3. The maximum Gasteiger partial charge on any atom is 0.431 e. The average molecular weight is 446 g/mol. The maximum absolute atomic E-state index is 12.8. The van der Waals surface area contributed by atoms with Crippen LogP contribution in [-0.4, -0.2) is 23.4 Å². The third-order valence-corrected chi connectivity index (χ3v) is 5.76. The summed E-state index contributed by atoms with van der Waals surface area (Å²) in [6, 6.07) is 15.5. The normalized spacial score (nSPS) is 17.2. The van der Waals surface area contributed by atoms with Gasteiger partial charge in [-0.1, -0.05) is 48.2 Å². The molecule has 1 aromatic heterocycles. The SMILES string of the molecule is C[C@@H](C(=O)NC1NC(C(F)(F)F)=CS1)c1cccc(C(=O)c2cc3ccccc3o2)c1. The van der Waals surface area contributed by atoms with Gasteiger partial charge in [-0.3, -0.25) is 9.59 Å². The summed E-state index contributed by atoms with van der Waals surface area (Å²) < 4.78 is 43.8. The van der Waals surface area contributed by atoms with Crippen molar-refractivity contribution < 1.29 is 27.2 Å². The lowest BCUT2D eigenvalue weighted by atomic mass is 9.96. The summed E-state index contributed by atoms with van der Waals surface area (Å²) in [5.41, 5.74) is -0.291. The minimum atomic E-state index is -4.50. The van der Waals surface area contributed by atoms with Crippen LogP contribution in [-0.2, 0) is 4.79 Å². The first-order valence-corrected chi connectivity index (χ1v) is 10.3. The molecule has 0 fully saturated rings. The number of hydrogen-bond donors (Lipinski definition) is 2. The molecule has 5 nitrogen and oxygen atoms in total. The Morgan fingerprint density at radius 1 is 1.13 bits per heavy atom. The summed E-state index contributed by atoms with van der Waals surface area (Å²) >= 11 is 0.834. The molecule has 2 N–H and O–H groups in total. The Bertz CT molecular complexity index is 1150. The molecule has 0 spiro atoms. The number of amides is 1. The fourth-order valence-corrected chi connectivity index (χ4v) is 4.01. The van der Waals surface area contributed by atoms with Crippen LogP contribution in [0, 0.1) is 0 Å². The molecule has 2 atom stereocenters. The zero-order valence-corrected chi connectivity index (χ0v) is 17.0. The topological polar surface area (TPSA) is 71.3 Å². The molecule has 31 heavy (non-hydrogen) atoms. The van der Waals surface area contributed by atoms with E-state index in [0.717, 1.165) is 22.6 Å². The second kappa shape index (κ2) is 8.14. The predicted octanol–water partition coefficient (Wildman–Crippen LogP) is 4.91. The van der Waals surface area contributed by atoms with E-state index in [0.29, 0.717) is 16.7 Å². The summed E-state index contributed by atoms with van der Waals surface area (Å²) in [7, 11) is 0. The molecule has 9 heteroatoms. The number of furan rings is 1. The van der Waals surface area contributed by atoms with Crippen LogP contribution in [0.4, 0.5) is 13.2 Å². The lowest BCUT2D eigenvalue weighted by Crippen LogP contribution is -2.43. The molecule has 2 aromatic carbocycles. The van der Waals surface area contributed by atoms with Crippen LogP contribution >= 0.6 is 11.8 Å². The lowest BCUT2D eigenvalue weighted by molar-refractivity contribution is -0.123. The first kappa shape index (κ1) is 21.0. The third kappa shape index (κ3) is 4.46. The molecule has 1 unspecified atom stereocenters. The molecule has 0 radical (unpaired) electrons. The van der Waals surface area contributed by atoms with Crippen molar-refractivity contribution in [3.8, 4) is 0 Å². The van der Waals surface area contributed by atoms with Crippen LogP contribution in [0.3, 0.4) is 0 Å². The Balaban J connectivity index is 1.46. The third-order valence-electron chi connectivity index (χ3n) is 4.88. The van der Waals surface area contributed by atoms with Gasteiger partial charge in [0.15, 0.2) is 11.3 Å². The van der Waals surface area contributed by atoms with Crippen molar-refractivity contribution in [2.45, 2.75) is 24.5 Å².